The van der Waals surface area contributed by atoms with Gasteiger partial charge in [0, 0.05) is 44.7 Å². The first kappa shape index (κ1) is 24.4. The van der Waals surface area contributed by atoms with E-state index in [1.54, 1.807) is 17.0 Å². The second-order valence-corrected chi connectivity index (χ2v) is 9.33. The van der Waals surface area contributed by atoms with Gasteiger partial charge in [-0.25, -0.2) is 4.39 Å². The highest BCUT2D eigenvalue weighted by atomic mass is 19.1. The number of nitrogens with one attached hydrogen (secondary N) is 1. The summed E-state index contributed by atoms with van der Waals surface area (Å²) >= 11 is 0. The summed E-state index contributed by atoms with van der Waals surface area (Å²) in [5.41, 5.74) is 2.51. The maximum atomic E-state index is 13.2. The number of carbonyl (C=O) groups is 2. The van der Waals surface area contributed by atoms with Crippen LogP contribution in [0.5, 0.6) is 0 Å². The number of halogens is 1. The fraction of sp³-hybridized carbons (Fsp3) is 0.423. The van der Waals surface area contributed by atoms with Crippen molar-refractivity contribution in [1.82, 2.24) is 15.1 Å². The Kier molecular flexibility index (Phi) is 7.83. The third-order valence-corrected chi connectivity index (χ3v) is 5.98. The van der Waals surface area contributed by atoms with Gasteiger partial charge in [-0.05, 0) is 40.8 Å². The van der Waals surface area contributed by atoms with Crippen molar-refractivity contribution in [3.8, 4) is 6.07 Å². The van der Waals surface area contributed by atoms with Crippen LogP contribution in [0.3, 0.4) is 0 Å². The molecule has 3 rings (SSSR count). The molecule has 0 aliphatic carbocycles. The van der Waals surface area contributed by atoms with Gasteiger partial charge in [-0.15, -0.1) is 0 Å². The number of nitrogens with zero attached hydrogens (tertiary/aromatic N) is 3. The molecule has 0 aromatic heterocycles. The quantitative estimate of drug-likeness (QED) is 0.729. The normalized spacial score (nSPS) is 15.5. The van der Waals surface area contributed by atoms with Crippen LogP contribution in [0.1, 0.15) is 54.7 Å². The molecule has 6 nitrogen and oxygen atoms in total. The molecule has 174 valence electrons. The van der Waals surface area contributed by atoms with Crippen LogP contribution in [-0.2, 0) is 10.2 Å². The zero-order chi connectivity index (χ0) is 24.0. The fourth-order valence-corrected chi connectivity index (χ4v) is 3.91. The number of rotatable bonds is 6. The lowest BCUT2D eigenvalue weighted by Gasteiger charge is -2.37. The summed E-state index contributed by atoms with van der Waals surface area (Å²) in [4.78, 5) is 28.7. The predicted octanol–water partition coefficient (Wildman–Crippen LogP) is 3.65. The van der Waals surface area contributed by atoms with Crippen LogP contribution in [0.4, 0.5) is 4.39 Å². The van der Waals surface area contributed by atoms with Crippen molar-refractivity contribution in [2.75, 3.05) is 32.7 Å². The smallest absolute Gasteiger partial charge is 0.251 e. The third kappa shape index (κ3) is 6.39. The minimum absolute atomic E-state index is 0.0201. The van der Waals surface area contributed by atoms with Crippen molar-refractivity contribution in [3.05, 3.63) is 71.0 Å². The van der Waals surface area contributed by atoms with Gasteiger partial charge in [0.05, 0.1) is 6.07 Å². The molecule has 1 heterocycles. The molecule has 1 fully saturated rings. The molecule has 33 heavy (non-hydrogen) atoms. The Hall–Kier alpha value is -3.24. The van der Waals surface area contributed by atoms with Crippen LogP contribution in [-0.4, -0.2) is 54.3 Å². The molecule has 0 saturated carbocycles. The minimum atomic E-state index is -0.466. The molecule has 0 unspecified atom stereocenters. The number of nitriles is 1. The van der Waals surface area contributed by atoms with E-state index in [-0.39, 0.29) is 36.0 Å². The number of benzene rings is 2. The van der Waals surface area contributed by atoms with Crippen LogP contribution < -0.4 is 5.32 Å². The predicted molar refractivity (Wildman–Crippen MR) is 125 cm³/mol. The number of carbonyl (C=O) groups excluding carboxylic acids is 2. The second kappa shape index (κ2) is 10.6. The van der Waals surface area contributed by atoms with Gasteiger partial charge in [0.25, 0.3) is 5.91 Å². The number of piperazine rings is 1. The summed E-state index contributed by atoms with van der Waals surface area (Å²) in [5.74, 6) is -0.544. The van der Waals surface area contributed by atoms with Gasteiger partial charge in [-0.1, -0.05) is 45.0 Å². The molecular formula is C26H31FN4O2. The summed E-state index contributed by atoms with van der Waals surface area (Å²) in [7, 11) is 0. The molecule has 0 radical (unpaired) electrons. The Bertz CT molecular complexity index is 999. The number of hydrogen-bond acceptors (Lipinski definition) is 4. The molecule has 2 amide bonds. The first-order chi connectivity index (χ1) is 15.7. The Morgan fingerprint density at radius 3 is 2.18 bits per heavy atom. The zero-order valence-electron chi connectivity index (χ0n) is 19.5. The van der Waals surface area contributed by atoms with Gasteiger partial charge in [0.15, 0.2) is 0 Å². The minimum Gasteiger partial charge on any atom is -0.352 e. The van der Waals surface area contributed by atoms with E-state index >= 15 is 0 Å². The van der Waals surface area contributed by atoms with Crippen LogP contribution in [0, 0.1) is 17.1 Å². The first-order valence-electron chi connectivity index (χ1n) is 11.2. The van der Waals surface area contributed by atoms with E-state index in [2.05, 4.69) is 32.2 Å². The maximum absolute atomic E-state index is 13.2. The first-order valence-corrected chi connectivity index (χ1v) is 11.2. The lowest BCUT2D eigenvalue weighted by atomic mass is 9.87. The van der Waals surface area contributed by atoms with Crippen molar-refractivity contribution in [3.63, 3.8) is 0 Å². The Morgan fingerprint density at radius 2 is 1.64 bits per heavy atom. The van der Waals surface area contributed by atoms with Gasteiger partial charge >= 0.3 is 0 Å². The Labute approximate surface area is 195 Å². The lowest BCUT2D eigenvalue weighted by Crippen LogP contribution is -2.50. The monoisotopic (exact) mass is 450 g/mol. The van der Waals surface area contributed by atoms with Crippen molar-refractivity contribution in [2.45, 2.75) is 38.6 Å². The van der Waals surface area contributed by atoms with E-state index in [4.69, 9.17) is 0 Å². The van der Waals surface area contributed by atoms with Crippen LogP contribution in [0.2, 0.25) is 0 Å². The van der Waals surface area contributed by atoms with E-state index in [0.29, 0.717) is 31.7 Å². The maximum Gasteiger partial charge on any atom is 0.251 e. The summed E-state index contributed by atoms with van der Waals surface area (Å²) in [6.45, 7) is 8.79. The van der Waals surface area contributed by atoms with E-state index in [0.717, 1.165) is 11.1 Å². The van der Waals surface area contributed by atoms with Gasteiger partial charge in [-0.2, -0.15) is 5.26 Å². The molecule has 2 aromatic carbocycles. The highest BCUT2D eigenvalue weighted by Gasteiger charge is 2.27. The highest BCUT2D eigenvalue weighted by molar-refractivity contribution is 5.94. The van der Waals surface area contributed by atoms with Crippen LogP contribution in [0.15, 0.2) is 48.5 Å². The molecule has 1 atom stereocenters. The zero-order valence-corrected chi connectivity index (χ0v) is 19.5. The fourth-order valence-electron chi connectivity index (χ4n) is 3.91. The van der Waals surface area contributed by atoms with Gasteiger partial charge in [0.2, 0.25) is 5.91 Å². The van der Waals surface area contributed by atoms with Crippen LogP contribution >= 0.6 is 0 Å². The van der Waals surface area contributed by atoms with Crippen LogP contribution in [0.25, 0.3) is 0 Å². The van der Waals surface area contributed by atoms with Crippen molar-refractivity contribution < 1.29 is 14.0 Å². The number of hydrogen-bond donors (Lipinski definition) is 1. The highest BCUT2D eigenvalue weighted by Crippen LogP contribution is 2.23. The van der Waals surface area contributed by atoms with Crippen molar-refractivity contribution >= 4 is 11.8 Å². The summed E-state index contributed by atoms with van der Waals surface area (Å²) < 4.78 is 13.2. The van der Waals surface area contributed by atoms with Gasteiger partial charge in [-0.3, -0.25) is 14.5 Å². The largest absolute Gasteiger partial charge is 0.352 e. The van der Waals surface area contributed by atoms with Gasteiger partial charge in [0.1, 0.15) is 11.9 Å². The lowest BCUT2D eigenvalue weighted by molar-refractivity contribution is -0.133. The molecule has 0 bridgehead atoms. The summed E-state index contributed by atoms with van der Waals surface area (Å²) in [6.07, 6.45) is 0.228. The topological polar surface area (TPSA) is 76.4 Å². The standard InChI is InChI=1S/C26H31FN4O2/c1-26(2,3)21-8-4-20(5-9-21)25(33)29-13-12-24(32)31-16-14-30(15-17-31)23(18-28)19-6-10-22(27)11-7-19/h4-11,23H,12-17H2,1-3H3,(H,29,33)/t23-/m0/s1. The molecule has 0 spiro atoms. The Morgan fingerprint density at radius 1 is 1.03 bits per heavy atom. The summed E-state index contributed by atoms with van der Waals surface area (Å²) in [6, 6.07) is 15.3. The molecular weight excluding hydrogens is 419 g/mol. The molecule has 1 aliphatic heterocycles. The molecule has 1 aliphatic rings. The molecule has 7 heteroatoms. The summed E-state index contributed by atoms with van der Waals surface area (Å²) in [5, 5.41) is 12.4. The van der Waals surface area contributed by atoms with E-state index in [1.165, 1.54) is 12.1 Å². The van der Waals surface area contributed by atoms with Gasteiger partial charge < -0.3 is 10.2 Å². The third-order valence-electron chi connectivity index (χ3n) is 5.98. The molecule has 1 N–H and O–H groups in total. The average Bonchev–Trinajstić information content (AvgIpc) is 2.80. The van der Waals surface area contributed by atoms with Crippen molar-refractivity contribution in [2.24, 2.45) is 0 Å². The van der Waals surface area contributed by atoms with Crippen molar-refractivity contribution in [1.29, 1.82) is 5.26 Å². The molecule has 1 saturated heterocycles. The van der Waals surface area contributed by atoms with E-state index in [9.17, 15) is 19.2 Å². The Balaban J connectivity index is 1.44. The SMILES string of the molecule is CC(C)(C)c1ccc(C(=O)NCCC(=O)N2CCN([C@@H](C#N)c3ccc(F)cc3)CC2)cc1. The molecule has 2 aromatic rings. The van der Waals surface area contributed by atoms with E-state index in [1.807, 2.05) is 29.2 Å². The van der Waals surface area contributed by atoms with E-state index < -0.39 is 6.04 Å². The number of amides is 2. The average molecular weight is 451 g/mol. The second-order valence-electron chi connectivity index (χ2n) is 9.33.